The highest BCUT2D eigenvalue weighted by atomic mass is 16.2. The molecule has 4 aromatic rings. The lowest BCUT2D eigenvalue weighted by atomic mass is 9.77. The maximum Gasteiger partial charge on any atom is 0.266 e. The van der Waals surface area contributed by atoms with Gasteiger partial charge in [-0.2, -0.15) is 0 Å². The Morgan fingerprint density at radius 1 is 0.784 bits per heavy atom. The molecule has 0 saturated carbocycles. The zero-order valence-corrected chi connectivity index (χ0v) is 23.2. The molecule has 6 heteroatoms. The standard InChI is InChI=1S/C31H36N2O4/c1-9-30(7)13-12-19-18(6)25(17(5)16(4)24(19)30)32-26(34)20-14-22-23(15-21(20)27(32)35)29(37)33(28(22)36)31(8,10-2)11-3/h14-15H,9-13H2,1-8H3. The summed E-state index contributed by atoms with van der Waals surface area (Å²) in [5.74, 6) is 0. The number of benzene rings is 2. The summed E-state index contributed by atoms with van der Waals surface area (Å²) in [6.45, 7) is 16.4. The summed E-state index contributed by atoms with van der Waals surface area (Å²) >= 11 is 0. The second kappa shape index (κ2) is 8.11. The second-order valence-corrected chi connectivity index (χ2v) is 11.5. The molecule has 0 amide bonds. The summed E-state index contributed by atoms with van der Waals surface area (Å²) in [4.78, 5) is 54.3. The van der Waals surface area contributed by atoms with E-state index in [4.69, 9.17) is 0 Å². The minimum absolute atomic E-state index is 0.0916. The summed E-state index contributed by atoms with van der Waals surface area (Å²) in [6.07, 6.45) is 4.24. The van der Waals surface area contributed by atoms with Gasteiger partial charge in [-0.1, -0.05) is 27.7 Å². The third kappa shape index (κ3) is 3.11. The van der Waals surface area contributed by atoms with Crippen molar-refractivity contribution in [2.24, 2.45) is 0 Å². The van der Waals surface area contributed by atoms with Crippen LogP contribution in [0.15, 0.2) is 31.3 Å². The van der Waals surface area contributed by atoms with Crippen molar-refractivity contribution >= 4 is 21.5 Å². The van der Waals surface area contributed by atoms with Crippen LogP contribution in [0.3, 0.4) is 0 Å². The maximum atomic E-state index is 13.8. The molecule has 2 aromatic carbocycles. The SMILES string of the molecule is CCC1(C)CCc2c(C)c(-n3c(=O)c4cc5c(=O)n(C(C)(CC)CC)c(=O)c5cc4c3=O)c(C)c(C)c21. The number of rotatable bonds is 5. The first-order chi connectivity index (χ1) is 17.4. The van der Waals surface area contributed by atoms with Crippen LogP contribution in [0.4, 0.5) is 0 Å². The van der Waals surface area contributed by atoms with Gasteiger partial charge in [-0.3, -0.25) is 23.7 Å². The van der Waals surface area contributed by atoms with Crippen LogP contribution in [0.2, 0.25) is 0 Å². The molecule has 6 nitrogen and oxygen atoms in total. The average molecular weight is 501 g/mol. The van der Waals surface area contributed by atoms with Crippen LogP contribution in [0, 0.1) is 20.8 Å². The van der Waals surface area contributed by atoms with Crippen molar-refractivity contribution in [1.82, 2.24) is 9.13 Å². The van der Waals surface area contributed by atoms with Crippen molar-refractivity contribution < 1.29 is 0 Å². The largest absolute Gasteiger partial charge is 0.269 e. The molecule has 37 heavy (non-hydrogen) atoms. The first-order valence-electron chi connectivity index (χ1n) is 13.5. The minimum Gasteiger partial charge on any atom is -0.269 e. The van der Waals surface area contributed by atoms with Gasteiger partial charge in [-0.15, -0.1) is 0 Å². The fourth-order valence-corrected chi connectivity index (χ4v) is 6.78. The highest BCUT2D eigenvalue weighted by molar-refractivity contribution is 5.98. The molecule has 194 valence electrons. The van der Waals surface area contributed by atoms with Gasteiger partial charge in [-0.25, -0.2) is 4.57 Å². The van der Waals surface area contributed by atoms with E-state index < -0.39 is 27.8 Å². The predicted molar refractivity (Wildman–Crippen MR) is 151 cm³/mol. The lowest BCUT2D eigenvalue weighted by molar-refractivity contribution is 0.282. The predicted octanol–water partition coefficient (Wildman–Crippen LogP) is 4.98. The molecule has 0 bridgehead atoms. The molecular formula is C31H36N2O4. The van der Waals surface area contributed by atoms with Gasteiger partial charge in [0, 0.05) is 5.54 Å². The van der Waals surface area contributed by atoms with E-state index in [1.807, 2.05) is 34.6 Å². The van der Waals surface area contributed by atoms with Gasteiger partial charge in [0.25, 0.3) is 22.2 Å². The summed E-state index contributed by atoms with van der Waals surface area (Å²) in [7, 11) is 0. The van der Waals surface area contributed by atoms with Crippen LogP contribution in [-0.4, -0.2) is 9.13 Å². The summed E-state index contributed by atoms with van der Waals surface area (Å²) in [6, 6.07) is 2.94. The molecular weight excluding hydrogens is 464 g/mol. The molecule has 1 aliphatic carbocycles. The summed E-state index contributed by atoms with van der Waals surface area (Å²) in [5.41, 5.74) is 4.08. The van der Waals surface area contributed by atoms with Gasteiger partial charge in [0.05, 0.1) is 27.2 Å². The van der Waals surface area contributed by atoms with Crippen LogP contribution in [-0.2, 0) is 17.4 Å². The molecule has 0 saturated heterocycles. The quantitative estimate of drug-likeness (QED) is 0.387. The zero-order valence-electron chi connectivity index (χ0n) is 23.2. The molecule has 2 aromatic heterocycles. The van der Waals surface area contributed by atoms with E-state index in [0.29, 0.717) is 18.5 Å². The number of hydrogen-bond donors (Lipinski definition) is 0. The first kappa shape index (κ1) is 25.4. The van der Waals surface area contributed by atoms with Gasteiger partial charge in [0.1, 0.15) is 0 Å². The summed E-state index contributed by atoms with van der Waals surface area (Å²) < 4.78 is 2.58. The molecule has 0 N–H and O–H groups in total. The fraction of sp³-hybridized carbons (Fsp3) is 0.484. The van der Waals surface area contributed by atoms with Crippen molar-refractivity contribution in [1.29, 1.82) is 0 Å². The second-order valence-electron chi connectivity index (χ2n) is 11.5. The van der Waals surface area contributed by atoms with Gasteiger partial charge >= 0.3 is 0 Å². The van der Waals surface area contributed by atoms with E-state index in [9.17, 15) is 19.2 Å². The van der Waals surface area contributed by atoms with Crippen LogP contribution < -0.4 is 22.2 Å². The van der Waals surface area contributed by atoms with E-state index in [1.165, 1.54) is 32.4 Å². The Kier molecular flexibility index (Phi) is 5.56. The highest BCUT2D eigenvalue weighted by Gasteiger charge is 2.37. The lowest BCUT2D eigenvalue weighted by Crippen LogP contribution is -2.42. The van der Waals surface area contributed by atoms with Gasteiger partial charge in [-0.05, 0) is 105 Å². The van der Waals surface area contributed by atoms with E-state index in [0.717, 1.165) is 36.0 Å². The van der Waals surface area contributed by atoms with E-state index in [2.05, 4.69) is 20.8 Å². The van der Waals surface area contributed by atoms with Crippen LogP contribution in [0.25, 0.3) is 27.2 Å². The molecule has 1 aliphatic rings. The van der Waals surface area contributed by atoms with Crippen molar-refractivity contribution in [3.05, 3.63) is 81.4 Å². The molecule has 2 heterocycles. The number of fused-ring (bicyclic) bond motifs is 3. The number of nitrogens with zero attached hydrogens (tertiary/aromatic N) is 2. The normalized spacial score (nSPS) is 17.8. The topological polar surface area (TPSA) is 78.1 Å². The van der Waals surface area contributed by atoms with E-state index in [1.54, 1.807) is 0 Å². The Morgan fingerprint density at radius 3 is 1.73 bits per heavy atom. The Morgan fingerprint density at radius 2 is 1.27 bits per heavy atom. The van der Waals surface area contributed by atoms with Crippen molar-refractivity contribution in [2.45, 2.75) is 98.4 Å². The highest BCUT2D eigenvalue weighted by Crippen LogP contribution is 2.46. The Labute approximate surface area is 216 Å². The van der Waals surface area contributed by atoms with Crippen molar-refractivity contribution in [3.8, 4) is 5.69 Å². The Hall–Kier alpha value is -3.28. The van der Waals surface area contributed by atoms with Crippen molar-refractivity contribution in [3.63, 3.8) is 0 Å². The number of hydrogen-bond acceptors (Lipinski definition) is 4. The molecule has 0 fully saturated rings. The maximum absolute atomic E-state index is 13.8. The third-order valence-corrected chi connectivity index (χ3v) is 9.89. The molecule has 1 unspecified atom stereocenters. The zero-order chi connectivity index (χ0) is 27.2. The smallest absolute Gasteiger partial charge is 0.266 e. The molecule has 5 rings (SSSR count). The van der Waals surface area contributed by atoms with Crippen molar-refractivity contribution in [2.75, 3.05) is 0 Å². The van der Waals surface area contributed by atoms with Gasteiger partial charge < -0.3 is 0 Å². The molecule has 0 aliphatic heterocycles. The van der Waals surface area contributed by atoms with Crippen LogP contribution >= 0.6 is 0 Å². The number of aromatic nitrogens is 2. The monoisotopic (exact) mass is 500 g/mol. The Balaban J connectivity index is 1.85. The van der Waals surface area contributed by atoms with Gasteiger partial charge in [0.15, 0.2) is 0 Å². The van der Waals surface area contributed by atoms with Crippen LogP contribution in [0.5, 0.6) is 0 Å². The molecule has 0 spiro atoms. The fourth-order valence-electron chi connectivity index (χ4n) is 6.78. The minimum atomic E-state index is -0.624. The van der Waals surface area contributed by atoms with E-state index in [-0.39, 0.29) is 27.0 Å². The third-order valence-electron chi connectivity index (χ3n) is 9.89. The van der Waals surface area contributed by atoms with Gasteiger partial charge in [0.2, 0.25) is 0 Å². The molecule has 1 atom stereocenters. The Bertz CT molecular complexity index is 1750. The average Bonchev–Trinajstić information content (AvgIpc) is 3.45. The van der Waals surface area contributed by atoms with E-state index >= 15 is 0 Å². The summed E-state index contributed by atoms with van der Waals surface area (Å²) in [5, 5.41) is 0.794. The lowest BCUT2D eigenvalue weighted by Gasteiger charge is -2.28. The molecule has 0 radical (unpaired) electrons. The van der Waals surface area contributed by atoms with Crippen LogP contribution in [0.1, 0.15) is 88.1 Å². The first-order valence-corrected chi connectivity index (χ1v) is 13.5.